The monoisotopic (exact) mass is 347 g/mol. The number of pyridine rings is 1. The molecule has 2 aromatic rings. The smallest absolute Gasteiger partial charge is 0.274 e. The zero-order chi connectivity index (χ0) is 17.0. The Kier molecular flexibility index (Phi) is 4.89. The second-order valence-electron chi connectivity index (χ2n) is 5.21. The van der Waals surface area contributed by atoms with Crippen LogP contribution in [-0.2, 0) is 14.8 Å². The fraction of sp³-hybridized carbons (Fsp3) is 0.250. The number of hydrogen-bond donors (Lipinski definition) is 1. The average molecular weight is 347 g/mol. The van der Waals surface area contributed by atoms with Gasteiger partial charge in [0.05, 0.1) is 18.1 Å². The molecule has 0 aliphatic carbocycles. The lowest BCUT2D eigenvalue weighted by Gasteiger charge is -2.26. The van der Waals surface area contributed by atoms with Crippen LogP contribution in [0.3, 0.4) is 0 Å². The van der Waals surface area contributed by atoms with Gasteiger partial charge in [-0.3, -0.25) is 9.78 Å². The molecule has 0 saturated carbocycles. The van der Waals surface area contributed by atoms with Crippen LogP contribution >= 0.6 is 0 Å². The number of nitrogens with zero attached hydrogens (tertiary/aromatic N) is 2. The third kappa shape index (κ3) is 3.61. The molecule has 0 radical (unpaired) electrons. The lowest BCUT2D eigenvalue weighted by atomic mass is 10.3. The second kappa shape index (κ2) is 7.08. The standard InChI is InChI=1S/C16H17N3O4S/c20-16(15-3-1-2-8-17-15)18-13-4-6-14(7-5-13)24(21,22)19-9-11-23-12-10-19/h1-8H,9-12H2,(H,18,20). The minimum Gasteiger partial charge on any atom is -0.379 e. The van der Waals surface area contributed by atoms with Gasteiger partial charge < -0.3 is 10.1 Å². The lowest BCUT2D eigenvalue weighted by Crippen LogP contribution is -2.40. The van der Waals surface area contributed by atoms with E-state index in [1.165, 1.54) is 22.6 Å². The highest BCUT2D eigenvalue weighted by Gasteiger charge is 2.26. The Morgan fingerprint density at radius 1 is 1.08 bits per heavy atom. The quantitative estimate of drug-likeness (QED) is 0.902. The topological polar surface area (TPSA) is 88.6 Å². The maximum absolute atomic E-state index is 12.5. The molecule has 0 unspecified atom stereocenters. The Labute approximate surface area is 140 Å². The molecule has 0 bridgehead atoms. The molecule has 2 heterocycles. The minimum absolute atomic E-state index is 0.195. The van der Waals surface area contributed by atoms with Crippen molar-refractivity contribution in [3.05, 3.63) is 54.4 Å². The Bertz CT molecular complexity index is 801. The van der Waals surface area contributed by atoms with E-state index >= 15 is 0 Å². The van der Waals surface area contributed by atoms with Crippen LogP contribution in [0.4, 0.5) is 5.69 Å². The maximum Gasteiger partial charge on any atom is 0.274 e. The molecule has 7 nitrogen and oxygen atoms in total. The number of benzene rings is 1. The fourth-order valence-corrected chi connectivity index (χ4v) is 3.75. The van der Waals surface area contributed by atoms with E-state index in [2.05, 4.69) is 10.3 Å². The Hall–Kier alpha value is -2.29. The van der Waals surface area contributed by atoms with Crippen molar-refractivity contribution in [2.24, 2.45) is 0 Å². The van der Waals surface area contributed by atoms with Gasteiger partial charge in [0.2, 0.25) is 10.0 Å². The molecular weight excluding hydrogens is 330 g/mol. The number of hydrogen-bond acceptors (Lipinski definition) is 5. The van der Waals surface area contributed by atoms with E-state index in [4.69, 9.17) is 4.74 Å². The highest BCUT2D eigenvalue weighted by atomic mass is 32.2. The summed E-state index contributed by atoms with van der Waals surface area (Å²) in [5.41, 5.74) is 0.800. The van der Waals surface area contributed by atoms with Crippen molar-refractivity contribution in [3.63, 3.8) is 0 Å². The van der Waals surface area contributed by atoms with E-state index in [1.54, 1.807) is 30.3 Å². The maximum atomic E-state index is 12.5. The summed E-state index contributed by atoms with van der Waals surface area (Å²) in [7, 11) is -3.53. The van der Waals surface area contributed by atoms with E-state index in [1.807, 2.05) is 0 Å². The van der Waals surface area contributed by atoms with Gasteiger partial charge in [-0.1, -0.05) is 6.07 Å². The molecule has 1 saturated heterocycles. The van der Waals surface area contributed by atoms with Gasteiger partial charge in [-0.25, -0.2) is 8.42 Å². The molecule has 1 aromatic carbocycles. The summed E-state index contributed by atoms with van der Waals surface area (Å²) in [6.45, 7) is 1.50. The first-order chi connectivity index (χ1) is 11.6. The zero-order valence-corrected chi connectivity index (χ0v) is 13.7. The number of ether oxygens (including phenoxy) is 1. The summed E-state index contributed by atoms with van der Waals surface area (Å²) >= 11 is 0. The van der Waals surface area contributed by atoms with Crippen LogP contribution in [0.5, 0.6) is 0 Å². The van der Waals surface area contributed by atoms with Gasteiger partial charge in [-0.05, 0) is 36.4 Å². The molecule has 3 rings (SSSR count). The Balaban J connectivity index is 1.72. The molecule has 8 heteroatoms. The number of carbonyl (C=O) groups is 1. The van der Waals surface area contributed by atoms with Crippen molar-refractivity contribution < 1.29 is 17.9 Å². The summed E-state index contributed by atoms with van der Waals surface area (Å²) in [5, 5.41) is 2.69. The van der Waals surface area contributed by atoms with Gasteiger partial charge in [0.1, 0.15) is 5.69 Å². The summed E-state index contributed by atoms with van der Waals surface area (Å²) in [6, 6.07) is 11.1. The van der Waals surface area contributed by atoms with Gasteiger partial charge in [0, 0.05) is 25.0 Å². The molecule has 1 aliphatic heterocycles. The number of amides is 1. The van der Waals surface area contributed by atoms with Crippen LogP contribution in [0.15, 0.2) is 53.6 Å². The third-order valence-electron chi connectivity index (χ3n) is 3.62. The van der Waals surface area contributed by atoms with Crippen molar-refractivity contribution in [2.75, 3.05) is 31.6 Å². The molecular formula is C16H17N3O4S. The van der Waals surface area contributed by atoms with Crippen molar-refractivity contribution in [1.29, 1.82) is 0 Å². The largest absolute Gasteiger partial charge is 0.379 e. The van der Waals surface area contributed by atoms with E-state index in [0.29, 0.717) is 37.7 Å². The van der Waals surface area contributed by atoms with Crippen LogP contribution in [-0.4, -0.2) is 49.9 Å². The first-order valence-corrected chi connectivity index (χ1v) is 8.92. The van der Waals surface area contributed by atoms with Crippen LogP contribution in [0.2, 0.25) is 0 Å². The van der Waals surface area contributed by atoms with E-state index < -0.39 is 10.0 Å². The Morgan fingerprint density at radius 2 is 1.79 bits per heavy atom. The highest BCUT2D eigenvalue weighted by Crippen LogP contribution is 2.19. The molecule has 1 N–H and O–H groups in total. The van der Waals surface area contributed by atoms with Gasteiger partial charge in [0.25, 0.3) is 5.91 Å². The van der Waals surface area contributed by atoms with E-state index in [0.717, 1.165) is 0 Å². The zero-order valence-electron chi connectivity index (χ0n) is 12.9. The van der Waals surface area contributed by atoms with Crippen LogP contribution < -0.4 is 5.32 Å². The number of anilines is 1. The number of morpholine rings is 1. The SMILES string of the molecule is O=C(Nc1ccc(S(=O)(=O)N2CCOCC2)cc1)c1ccccn1. The average Bonchev–Trinajstić information content (AvgIpc) is 2.63. The van der Waals surface area contributed by atoms with Gasteiger partial charge in [-0.15, -0.1) is 0 Å². The number of aromatic nitrogens is 1. The predicted octanol–water partition coefficient (Wildman–Crippen LogP) is 1.35. The van der Waals surface area contributed by atoms with E-state index in [-0.39, 0.29) is 10.8 Å². The van der Waals surface area contributed by atoms with Crippen molar-refractivity contribution >= 4 is 21.6 Å². The molecule has 1 aromatic heterocycles. The number of sulfonamides is 1. The van der Waals surface area contributed by atoms with Crippen molar-refractivity contribution in [1.82, 2.24) is 9.29 Å². The molecule has 1 amide bonds. The second-order valence-corrected chi connectivity index (χ2v) is 7.15. The summed E-state index contributed by atoms with van der Waals surface area (Å²) in [6.07, 6.45) is 1.53. The van der Waals surface area contributed by atoms with Gasteiger partial charge in [0.15, 0.2) is 0 Å². The fourth-order valence-electron chi connectivity index (χ4n) is 2.34. The lowest BCUT2D eigenvalue weighted by molar-refractivity contribution is 0.0730. The van der Waals surface area contributed by atoms with Gasteiger partial charge >= 0.3 is 0 Å². The number of nitrogens with one attached hydrogen (secondary N) is 1. The highest BCUT2D eigenvalue weighted by molar-refractivity contribution is 7.89. The van der Waals surface area contributed by atoms with Crippen molar-refractivity contribution in [3.8, 4) is 0 Å². The predicted molar refractivity (Wildman–Crippen MR) is 88.2 cm³/mol. The summed E-state index contributed by atoms with van der Waals surface area (Å²) < 4.78 is 31.6. The van der Waals surface area contributed by atoms with Crippen LogP contribution in [0.25, 0.3) is 0 Å². The van der Waals surface area contributed by atoms with E-state index in [9.17, 15) is 13.2 Å². The summed E-state index contributed by atoms with van der Waals surface area (Å²) in [4.78, 5) is 16.2. The molecule has 0 atom stereocenters. The first kappa shape index (κ1) is 16.6. The van der Waals surface area contributed by atoms with Crippen LogP contribution in [0, 0.1) is 0 Å². The van der Waals surface area contributed by atoms with Crippen LogP contribution in [0.1, 0.15) is 10.5 Å². The third-order valence-corrected chi connectivity index (χ3v) is 5.53. The molecule has 1 fully saturated rings. The van der Waals surface area contributed by atoms with Crippen molar-refractivity contribution in [2.45, 2.75) is 4.90 Å². The first-order valence-electron chi connectivity index (χ1n) is 7.48. The molecule has 126 valence electrons. The summed E-state index contributed by atoms with van der Waals surface area (Å²) in [5.74, 6) is -0.348. The molecule has 24 heavy (non-hydrogen) atoms. The normalized spacial score (nSPS) is 15.8. The Morgan fingerprint density at radius 3 is 2.42 bits per heavy atom. The minimum atomic E-state index is -3.53. The molecule has 0 spiro atoms. The number of carbonyl (C=O) groups excluding carboxylic acids is 1. The molecule has 1 aliphatic rings. The number of rotatable bonds is 4. The van der Waals surface area contributed by atoms with Gasteiger partial charge in [-0.2, -0.15) is 4.31 Å².